The first-order valence-electron chi connectivity index (χ1n) is 4.70. The van der Waals surface area contributed by atoms with Crippen molar-refractivity contribution in [2.24, 2.45) is 23.7 Å². The maximum atomic E-state index is 11.5. The third-order valence-corrected chi connectivity index (χ3v) is 3.25. The van der Waals surface area contributed by atoms with Gasteiger partial charge < -0.3 is 0 Å². The molecule has 3 aliphatic rings. The number of fused-ring (bicyclic) bond motifs is 5. The van der Waals surface area contributed by atoms with E-state index >= 15 is 0 Å². The van der Waals surface area contributed by atoms with Crippen molar-refractivity contribution in [3.05, 3.63) is 12.2 Å². The largest absolute Gasteiger partial charge is 0.296 e. The van der Waals surface area contributed by atoms with Crippen LogP contribution in [0.25, 0.3) is 0 Å². The fraction of sp³-hybridized carbons (Fsp3) is 0.556. The van der Waals surface area contributed by atoms with E-state index in [1.54, 1.807) is 0 Å². The molecule has 2 amide bonds. The average Bonchev–Trinajstić information content (AvgIpc) is 2.76. The zero-order valence-corrected chi connectivity index (χ0v) is 6.43. The van der Waals surface area contributed by atoms with Crippen molar-refractivity contribution in [3.63, 3.8) is 0 Å². The van der Waals surface area contributed by atoms with Gasteiger partial charge in [0.15, 0.2) is 1.41 Å². The first-order chi connectivity index (χ1) is 6.20. The molecule has 0 radical (unpaired) electrons. The fourth-order valence-electron chi connectivity index (χ4n) is 2.75. The van der Waals surface area contributed by atoms with Crippen LogP contribution in [0.3, 0.4) is 0 Å². The monoisotopic (exact) mass is 164 g/mol. The Morgan fingerprint density at radius 1 is 1.25 bits per heavy atom. The van der Waals surface area contributed by atoms with Crippen molar-refractivity contribution in [2.45, 2.75) is 6.42 Å². The van der Waals surface area contributed by atoms with Crippen LogP contribution in [-0.2, 0) is 9.59 Å². The predicted molar refractivity (Wildman–Crippen MR) is 40.9 cm³/mol. The van der Waals surface area contributed by atoms with Gasteiger partial charge in [0, 0.05) is 0 Å². The Hall–Kier alpha value is -1.12. The molecule has 0 spiro atoms. The number of carbonyl (C=O) groups excluding carboxylic acids is 2. The summed E-state index contributed by atoms with van der Waals surface area (Å²) in [7, 11) is 0. The van der Waals surface area contributed by atoms with Crippen LogP contribution >= 0.6 is 0 Å². The van der Waals surface area contributed by atoms with Crippen molar-refractivity contribution < 1.29 is 11.0 Å². The Kier molecular flexibility index (Phi) is 0.821. The minimum absolute atomic E-state index is 0.208. The van der Waals surface area contributed by atoms with Crippen molar-refractivity contribution in [2.75, 3.05) is 0 Å². The third-order valence-electron chi connectivity index (χ3n) is 3.25. The van der Waals surface area contributed by atoms with Crippen LogP contribution in [0.4, 0.5) is 0 Å². The second-order valence-electron chi connectivity index (χ2n) is 3.79. The van der Waals surface area contributed by atoms with Crippen molar-refractivity contribution in [1.29, 1.82) is 0 Å². The molecule has 3 heteroatoms. The van der Waals surface area contributed by atoms with E-state index in [4.69, 9.17) is 1.41 Å². The molecule has 3 rings (SSSR count). The molecule has 1 N–H and O–H groups in total. The molecule has 0 aromatic heterocycles. The maximum absolute atomic E-state index is 11.5. The lowest BCUT2D eigenvalue weighted by atomic mass is 9.85. The molecule has 12 heavy (non-hydrogen) atoms. The normalized spacial score (nSPS) is 50.3. The predicted octanol–water partition coefficient (Wildman–Crippen LogP) is 0.0811. The average molecular weight is 164 g/mol. The lowest BCUT2D eigenvalue weighted by Crippen LogP contribution is -2.25. The minimum atomic E-state index is -0.299. The Morgan fingerprint density at radius 2 is 1.75 bits per heavy atom. The second kappa shape index (κ2) is 1.79. The quantitative estimate of drug-likeness (QED) is 0.407. The Labute approximate surface area is 71.3 Å². The van der Waals surface area contributed by atoms with Crippen LogP contribution in [-0.4, -0.2) is 11.8 Å². The van der Waals surface area contributed by atoms with Crippen LogP contribution in [0.1, 0.15) is 6.42 Å². The van der Waals surface area contributed by atoms with Gasteiger partial charge in [-0.3, -0.25) is 14.9 Å². The first kappa shape index (κ1) is 5.51. The summed E-state index contributed by atoms with van der Waals surface area (Å²) >= 11 is 0. The molecular formula is C9H9NO2. The molecule has 1 saturated heterocycles. The van der Waals surface area contributed by atoms with Gasteiger partial charge in [-0.25, -0.2) is 0 Å². The van der Waals surface area contributed by atoms with E-state index < -0.39 is 0 Å². The highest BCUT2D eigenvalue weighted by atomic mass is 16.2. The van der Waals surface area contributed by atoms with Gasteiger partial charge in [0.2, 0.25) is 11.8 Å². The Balaban J connectivity index is 2.08. The SMILES string of the molecule is [2H]N1C(=O)C2C3C=CC(C3)C2C1=O. The lowest BCUT2D eigenvalue weighted by molar-refractivity contribution is -0.126. The molecule has 2 aliphatic carbocycles. The Bertz CT molecular complexity index is 309. The van der Waals surface area contributed by atoms with Crippen LogP contribution < -0.4 is 5.31 Å². The summed E-state index contributed by atoms with van der Waals surface area (Å²) in [5, 5.41) is 0.557. The van der Waals surface area contributed by atoms with Crippen molar-refractivity contribution in [3.8, 4) is 0 Å². The number of imide groups is 1. The number of hydrogen-bond donors (Lipinski definition) is 1. The van der Waals surface area contributed by atoms with E-state index in [0.29, 0.717) is 5.31 Å². The van der Waals surface area contributed by atoms with Gasteiger partial charge in [-0.2, -0.15) is 0 Å². The highest BCUT2D eigenvalue weighted by molar-refractivity contribution is 6.06. The van der Waals surface area contributed by atoms with Gasteiger partial charge in [-0.15, -0.1) is 0 Å². The number of rotatable bonds is 0. The van der Waals surface area contributed by atoms with Crippen LogP contribution in [0.15, 0.2) is 12.2 Å². The van der Waals surface area contributed by atoms with Gasteiger partial charge >= 0.3 is 0 Å². The molecule has 2 fully saturated rings. The highest BCUT2D eigenvalue weighted by Gasteiger charge is 2.55. The standard InChI is InChI=1S/C9H9NO2/c11-8-6-4-1-2-5(3-4)7(6)9(12)10-8/h1-2,4-7H,3H2,(H,10,11,12)/i/hD. The number of allylic oxidation sites excluding steroid dienone is 2. The molecule has 1 saturated carbocycles. The molecule has 4 unspecified atom stereocenters. The molecule has 3 nitrogen and oxygen atoms in total. The first-order valence-corrected chi connectivity index (χ1v) is 4.25. The maximum Gasteiger partial charge on any atom is 0.231 e. The molecular weight excluding hydrogens is 154 g/mol. The zero-order valence-electron chi connectivity index (χ0n) is 7.43. The van der Waals surface area contributed by atoms with Crippen molar-refractivity contribution >= 4 is 11.8 Å². The summed E-state index contributed by atoms with van der Waals surface area (Å²) in [6, 6.07) is 0. The fourth-order valence-corrected chi connectivity index (χ4v) is 2.75. The third kappa shape index (κ3) is 0.543. The highest BCUT2D eigenvalue weighted by Crippen LogP contribution is 2.50. The molecule has 0 aromatic rings. The minimum Gasteiger partial charge on any atom is -0.296 e. The van der Waals surface area contributed by atoms with E-state index in [1.807, 2.05) is 12.2 Å². The summed E-state index contributed by atoms with van der Waals surface area (Å²) < 4.78 is 7.26. The second-order valence-corrected chi connectivity index (χ2v) is 3.79. The van der Waals surface area contributed by atoms with E-state index in [9.17, 15) is 9.59 Å². The summed E-state index contributed by atoms with van der Waals surface area (Å²) in [5.41, 5.74) is 0. The van der Waals surface area contributed by atoms with E-state index in [1.165, 1.54) is 0 Å². The number of carbonyl (C=O) groups is 2. The molecule has 2 bridgehead atoms. The van der Waals surface area contributed by atoms with Gasteiger partial charge in [-0.1, -0.05) is 12.2 Å². The van der Waals surface area contributed by atoms with Crippen LogP contribution in [0.2, 0.25) is 1.41 Å². The van der Waals surface area contributed by atoms with Gasteiger partial charge in [0.25, 0.3) is 0 Å². The van der Waals surface area contributed by atoms with Crippen LogP contribution in [0.5, 0.6) is 0 Å². The molecule has 1 aliphatic heterocycles. The smallest absolute Gasteiger partial charge is 0.231 e. The summed E-state index contributed by atoms with van der Waals surface area (Å²) in [5.74, 6) is -0.567. The van der Waals surface area contributed by atoms with E-state index in [2.05, 4.69) is 0 Å². The lowest BCUT2D eigenvalue weighted by Gasteiger charge is -2.14. The number of amides is 2. The summed E-state index contributed by atoms with van der Waals surface area (Å²) in [6.07, 6.45) is 4.98. The zero-order chi connectivity index (χ0) is 9.16. The Morgan fingerprint density at radius 3 is 2.25 bits per heavy atom. The van der Waals surface area contributed by atoms with Crippen LogP contribution in [0, 0.1) is 23.7 Å². The van der Waals surface area contributed by atoms with E-state index in [-0.39, 0.29) is 35.5 Å². The van der Waals surface area contributed by atoms with E-state index in [0.717, 1.165) is 6.42 Å². The number of hydrogen-bond acceptors (Lipinski definition) is 2. The van der Waals surface area contributed by atoms with Gasteiger partial charge in [0.05, 0.1) is 11.8 Å². The summed E-state index contributed by atoms with van der Waals surface area (Å²) in [6.45, 7) is 0. The van der Waals surface area contributed by atoms with Gasteiger partial charge in [-0.05, 0) is 18.3 Å². The molecule has 62 valence electrons. The topological polar surface area (TPSA) is 46.2 Å². The molecule has 1 heterocycles. The summed E-state index contributed by atoms with van der Waals surface area (Å²) in [4.78, 5) is 22.9. The molecule has 4 atom stereocenters. The van der Waals surface area contributed by atoms with Gasteiger partial charge in [0.1, 0.15) is 0 Å². The molecule has 0 aromatic carbocycles. The van der Waals surface area contributed by atoms with Crippen molar-refractivity contribution in [1.82, 2.24) is 5.31 Å². The number of nitrogens with one attached hydrogen (secondary N) is 1.